The molecule has 2 aliphatic rings. The smallest absolute Gasteiger partial charge is 0.228 e. The number of amides is 1. The summed E-state index contributed by atoms with van der Waals surface area (Å²) in [6, 6.07) is 6.66. The minimum absolute atomic E-state index is 0.111. The van der Waals surface area contributed by atoms with Gasteiger partial charge in [0.1, 0.15) is 11.6 Å². The predicted molar refractivity (Wildman–Crippen MR) is 92.6 cm³/mol. The van der Waals surface area contributed by atoms with Crippen LogP contribution in [0.25, 0.3) is 11.3 Å². The molecule has 0 unspecified atom stereocenters. The Kier molecular flexibility index (Phi) is 4.00. The second-order valence-electron chi connectivity index (χ2n) is 6.29. The van der Waals surface area contributed by atoms with Crippen molar-refractivity contribution >= 4 is 23.5 Å². The third-order valence-electron chi connectivity index (χ3n) is 4.56. The first-order valence-corrected chi connectivity index (χ1v) is 9.40. The highest BCUT2D eigenvalue weighted by Gasteiger charge is 2.34. The first kappa shape index (κ1) is 15.6. The lowest BCUT2D eigenvalue weighted by atomic mass is 9.98. The van der Waals surface area contributed by atoms with E-state index in [-0.39, 0.29) is 11.7 Å². The Bertz CT molecular complexity index is 807. The number of thioether (sulfide) groups is 1. The lowest BCUT2D eigenvalue weighted by Crippen LogP contribution is -2.38. The van der Waals surface area contributed by atoms with Gasteiger partial charge in [-0.25, -0.2) is 14.4 Å². The minimum atomic E-state index is -0.295. The van der Waals surface area contributed by atoms with Crippen LogP contribution in [0, 0.1) is 11.7 Å². The number of fused-ring (bicyclic) bond motifs is 1. The molecular formula is C18H18FN3OS. The molecule has 0 N–H and O–H groups in total. The zero-order valence-corrected chi connectivity index (χ0v) is 14.3. The predicted octanol–water partition coefficient (Wildman–Crippen LogP) is 3.69. The summed E-state index contributed by atoms with van der Waals surface area (Å²) in [7, 11) is 0. The maximum atomic E-state index is 14.3. The molecule has 1 fully saturated rings. The molecule has 2 aromatic rings. The van der Waals surface area contributed by atoms with Crippen molar-refractivity contribution in [1.29, 1.82) is 0 Å². The van der Waals surface area contributed by atoms with Gasteiger partial charge in [-0.1, -0.05) is 23.9 Å². The van der Waals surface area contributed by atoms with Gasteiger partial charge in [0, 0.05) is 24.1 Å². The highest BCUT2D eigenvalue weighted by Crippen LogP contribution is 2.38. The Morgan fingerprint density at radius 2 is 2.04 bits per heavy atom. The van der Waals surface area contributed by atoms with Crippen molar-refractivity contribution in [2.75, 3.05) is 17.7 Å². The number of carbonyl (C=O) groups is 1. The van der Waals surface area contributed by atoms with Crippen LogP contribution in [0.1, 0.15) is 24.8 Å². The van der Waals surface area contributed by atoms with Crippen LogP contribution in [0.2, 0.25) is 0 Å². The maximum Gasteiger partial charge on any atom is 0.228 e. The van der Waals surface area contributed by atoms with E-state index < -0.39 is 0 Å². The van der Waals surface area contributed by atoms with Crippen molar-refractivity contribution in [3.05, 3.63) is 35.6 Å². The summed E-state index contributed by atoms with van der Waals surface area (Å²) >= 11 is 1.41. The Morgan fingerprint density at radius 3 is 2.75 bits per heavy atom. The summed E-state index contributed by atoms with van der Waals surface area (Å²) < 4.78 is 14.3. The van der Waals surface area contributed by atoms with Crippen LogP contribution in [0.15, 0.2) is 29.4 Å². The lowest BCUT2D eigenvalue weighted by molar-refractivity contribution is -0.119. The second-order valence-corrected chi connectivity index (χ2v) is 7.06. The van der Waals surface area contributed by atoms with E-state index in [1.807, 2.05) is 12.3 Å². The topological polar surface area (TPSA) is 46.1 Å². The van der Waals surface area contributed by atoms with Crippen molar-refractivity contribution in [2.45, 2.75) is 30.8 Å². The van der Waals surface area contributed by atoms with Gasteiger partial charge in [0.2, 0.25) is 5.91 Å². The molecule has 1 saturated carbocycles. The van der Waals surface area contributed by atoms with E-state index in [4.69, 9.17) is 0 Å². The number of carbonyl (C=O) groups excluding carboxylic acids is 1. The number of nitrogens with zero attached hydrogens (tertiary/aromatic N) is 3. The molecule has 1 aromatic heterocycles. The Morgan fingerprint density at radius 1 is 1.25 bits per heavy atom. The molecule has 124 valence electrons. The zero-order valence-electron chi connectivity index (χ0n) is 13.5. The number of rotatable bonds is 4. The summed E-state index contributed by atoms with van der Waals surface area (Å²) in [6.45, 7) is 0.716. The number of hydrogen-bond donors (Lipinski definition) is 0. The van der Waals surface area contributed by atoms with Gasteiger partial charge < -0.3 is 0 Å². The third-order valence-corrected chi connectivity index (χ3v) is 5.11. The van der Waals surface area contributed by atoms with Crippen LogP contribution in [0.5, 0.6) is 0 Å². The standard InChI is InChI=1S/C18H18FN3OS/c1-24-18-20-16(12-4-2-3-5-14(12)19)13-8-9-15(23)22(17(13)21-18)10-11-6-7-11/h2-5,11H,6-10H2,1H3. The number of halogens is 1. The van der Waals surface area contributed by atoms with Crippen LogP contribution in [-0.2, 0) is 11.2 Å². The molecular weight excluding hydrogens is 325 g/mol. The molecule has 24 heavy (non-hydrogen) atoms. The molecule has 0 atom stereocenters. The summed E-state index contributed by atoms with van der Waals surface area (Å²) in [5, 5.41) is 0.572. The quantitative estimate of drug-likeness (QED) is 0.627. The van der Waals surface area contributed by atoms with Crippen LogP contribution in [0.4, 0.5) is 10.2 Å². The van der Waals surface area contributed by atoms with Gasteiger partial charge in [-0.15, -0.1) is 0 Å². The van der Waals surface area contributed by atoms with Gasteiger partial charge in [-0.3, -0.25) is 9.69 Å². The maximum absolute atomic E-state index is 14.3. The molecule has 0 radical (unpaired) electrons. The number of aromatic nitrogens is 2. The molecule has 0 spiro atoms. The molecule has 2 heterocycles. The zero-order chi connectivity index (χ0) is 16.7. The fourth-order valence-electron chi connectivity index (χ4n) is 3.10. The molecule has 0 bridgehead atoms. The molecule has 1 amide bonds. The van der Waals surface area contributed by atoms with Gasteiger partial charge >= 0.3 is 0 Å². The van der Waals surface area contributed by atoms with Crippen molar-refractivity contribution in [1.82, 2.24) is 9.97 Å². The van der Waals surface area contributed by atoms with Gasteiger partial charge in [-0.2, -0.15) is 0 Å². The summed E-state index contributed by atoms with van der Waals surface area (Å²) in [5.41, 5.74) is 1.99. The van der Waals surface area contributed by atoms with Crippen LogP contribution < -0.4 is 4.90 Å². The van der Waals surface area contributed by atoms with E-state index in [1.54, 1.807) is 17.0 Å². The van der Waals surface area contributed by atoms with Crippen molar-refractivity contribution in [2.24, 2.45) is 5.92 Å². The first-order chi connectivity index (χ1) is 11.7. The summed E-state index contributed by atoms with van der Waals surface area (Å²) in [6.07, 6.45) is 5.22. The largest absolute Gasteiger partial charge is 0.296 e. The first-order valence-electron chi connectivity index (χ1n) is 8.17. The Hall–Kier alpha value is -1.95. The highest BCUT2D eigenvalue weighted by atomic mass is 32.2. The second kappa shape index (κ2) is 6.16. The fourth-order valence-corrected chi connectivity index (χ4v) is 3.47. The average molecular weight is 343 g/mol. The van der Waals surface area contributed by atoms with E-state index in [0.717, 1.165) is 5.56 Å². The normalized spacial score (nSPS) is 17.1. The summed E-state index contributed by atoms with van der Waals surface area (Å²) in [5.74, 6) is 1.07. The minimum Gasteiger partial charge on any atom is -0.296 e. The molecule has 0 saturated heterocycles. The van der Waals surface area contributed by atoms with Gasteiger partial charge in [-0.05, 0) is 43.6 Å². The van der Waals surface area contributed by atoms with E-state index in [2.05, 4.69) is 9.97 Å². The van der Waals surface area contributed by atoms with Gasteiger partial charge in [0.05, 0.1) is 5.69 Å². The van der Waals surface area contributed by atoms with Crippen molar-refractivity contribution < 1.29 is 9.18 Å². The van der Waals surface area contributed by atoms with Crippen molar-refractivity contribution in [3.63, 3.8) is 0 Å². The molecule has 6 heteroatoms. The number of anilines is 1. The molecule has 1 aromatic carbocycles. The van der Waals surface area contributed by atoms with Crippen molar-refractivity contribution in [3.8, 4) is 11.3 Å². The lowest BCUT2D eigenvalue weighted by Gasteiger charge is -2.29. The van der Waals surface area contributed by atoms with E-state index in [0.29, 0.717) is 47.5 Å². The number of hydrogen-bond acceptors (Lipinski definition) is 4. The monoisotopic (exact) mass is 343 g/mol. The molecule has 4 nitrogen and oxygen atoms in total. The van der Waals surface area contributed by atoms with Crippen LogP contribution in [-0.4, -0.2) is 28.7 Å². The molecule has 1 aliphatic carbocycles. The van der Waals surface area contributed by atoms with Crippen LogP contribution in [0.3, 0.4) is 0 Å². The average Bonchev–Trinajstić information content (AvgIpc) is 3.41. The number of benzene rings is 1. The summed E-state index contributed by atoms with van der Waals surface area (Å²) in [4.78, 5) is 23.4. The van der Waals surface area contributed by atoms with E-state index >= 15 is 0 Å². The van der Waals surface area contributed by atoms with Crippen LogP contribution >= 0.6 is 11.8 Å². The Labute approximate surface area is 144 Å². The third kappa shape index (κ3) is 2.79. The van der Waals surface area contributed by atoms with Gasteiger partial charge in [0.15, 0.2) is 5.16 Å². The SMILES string of the molecule is CSc1nc(-c2ccccc2F)c2c(n1)N(CC1CC1)C(=O)CC2. The van der Waals surface area contributed by atoms with Gasteiger partial charge in [0.25, 0.3) is 0 Å². The van der Waals surface area contributed by atoms with E-state index in [9.17, 15) is 9.18 Å². The highest BCUT2D eigenvalue weighted by molar-refractivity contribution is 7.98. The van der Waals surface area contributed by atoms with E-state index in [1.165, 1.54) is 30.7 Å². The molecule has 4 rings (SSSR count). The Balaban J connectivity index is 1.88. The fraction of sp³-hybridized carbons (Fsp3) is 0.389. The molecule has 1 aliphatic heterocycles.